The first-order chi connectivity index (χ1) is 12.3. The van der Waals surface area contributed by atoms with Crippen LogP contribution in [0.4, 0.5) is 0 Å². The summed E-state index contributed by atoms with van der Waals surface area (Å²) in [5.74, 6) is -0.213. The molecule has 6 nitrogen and oxygen atoms in total. The number of hydrogen-bond acceptors (Lipinski definition) is 4. The Kier molecular flexibility index (Phi) is 6.95. The molecule has 140 valence electrons. The molecule has 1 aromatic carbocycles. The fraction of sp³-hybridized carbons (Fsp3) is 0.450. The van der Waals surface area contributed by atoms with Gasteiger partial charge in [-0.05, 0) is 19.3 Å². The number of amides is 1. The zero-order valence-electron chi connectivity index (χ0n) is 15.5. The van der Waals surface area contributed by atoms with Crippen LogP contribution in [0.3, 0.4) is 0 Å². The topological polar surface area (TPSA) is 92.4 Å². The fourth-order valence-electron chi connectivity index (χ4n) is 2.66. The van der Waals surface area contributed by atoms with Crippen LogP contribution in [-0.2, 0) is 16.0 Å². The van der Waals surface area contributed by atoms with E-state index in [2.05, 4.69) is 10.3 Å². The number of nitrogens with zero attached hydrogens (tertiary/aromatic N) is 1. The minimum absolute atomic E-state index is 0.145. The molecule has 0 spiro atoms. The van der Waals surface area contributed by atoms with Gasteiger partial charge in [-0.2, -0.15) is 0 Å². The van der Waals surface area contributed by atoms with Crippen molar-refractivity contribution in [1.82, 2.24) is 10.3 Å². The lowest BCUT2D eigenvalue weighted by Crippen LogP contribution is -2.33. The average molecular weight is 358 g/mol. The smallest absolute Gasteiger partial charge is 0.308 e. The first-order valence-corrected chi connectivity index (χ1v) is 8.86. The number of benzene rings is 1. The van der Waals surface area contributed by atoms with E-state index >= 15 is 0 Å². The lowest BCUT2D eigenvalue weighted by Gasteiger charge is -2.15. The number of rotatable bonds is 9. The van der Waals surface area contributed by atoms with Gasteiger partial charge in [-0.25, -0.2) is 4.98 Å². The van der Waals surface area contributed by atoms with Crippen LogP contribution in [0.2, 0.25) is 0 Å². The molecule has 0 saturated heterocycles. The van der Waals surface area contributed by atoms with E-state index in [-0.39, 0.29) is 24.8 Å². The van der Waals surface area contributed by atoms with Gasteiger partial charge in [-0.1, -0.05) is 43.7 Å². The molecule has 6 heteroatoms. The number of aliphatic carboxylic acids is 1. The molecule has 2 N–H and O–H groups in total. The maximum atomic E-state index is 12.0. The predicted molar refractivity (Wildman–Crippen MR) is 98.6 cm³/mol. The van der Waals surface area contributed by atoms with Crippen LogP contribution in [0.5, 0.6) is 0 Å². The average Bonchev–Trinajstić information content (AvgIpc) is 3.06. The minimum Gasteiger partial charge on any atom is -0.481 e. The van der Waals surface area contributed by atoms with Crippen molar-refractivity contribution in [3.63, 3.8) is 0 Å². The molecule has 0 fully saturated rings. The molecule has 0 bridgehead atoms. The molecule has 0 radical (unpaired) electrons. The number of aryl methyl sites for hydroxylation is 2. The summed E-state index contributed by atoms with van der Waals surface area (Å²) < 4.78 is 5.69. The van der Waals surface area contributed by atoms with E-state index in [1.807, 2.05) is 45.0 Å². The van der Waals surface area contributed by atoms with Crippen LogP contribution in [0.1, 0.15) is 38.1 Å². The summed E-state index contributed by atoms with van der Waals surface area (Å²) in [5.41, 5.74) is 2.11. The Bertz CT molecular complexity index is 735. The third-order valence-electron chi connectivity index (χ3n) is 4.11. The van der Waals surface area contributed by atoms with Gasteiger partial charge in [0.15, 0.2) is 11.7 Å². The molecule has 1 aromatic heterocycles. The van der Waals surface area contributed by atoms with Gasteiger partial charge in [-0.3, -0.25) is 9.59 Å². The fourth-order valence-corrected chi connectivity index (χ4v) is 2.66. The summed E-state index contributed by atoms with van der Waals surface area (Å²) in [6.07, 6.45) is 2.78. The lowest BCUT2D eigenvalue weighted by molar-refractivity contribution is -0.142. The quantitative estimate of drug-likeness (QED) is 0.716. The van der Waals surface area contributed by atoms with E-state index < -0.39 is 11.9 Å². The van der Waals surface area contributed by atoms with Gasteiger partial charge in [0.1, 0.15) is 0 Å². The van der Waals surface area contributed by atoms with Crippen LogP contribution in [0, 0.1) is 18.8 Å². The Labute approximate surface area is 153 Å². The van der Waals surface area contributed by atoms with Gasteiger partial charge >= 0.3 is 5.97 Å². The summed E-state index contributed by atoms with van der Waals surface area (Å²) in [7, 11) is 0. The van der Waals surface area contributed by atoms with Gasteiger partial charge < -0.3 is 14.8 Å². The van der Waals surface area contributed by atoms with Crippen LogP contribution >= 0.6 is 0 Å². The van der Waals surface area contributed by atoms with E-state index in [1.165, 1.54) is 5.56 Å². The second kappa shape index (κ2) is 9.17. The molecule has 0 aliphatic heterocycles. The van der Waals surface area contributed by atoms with Crippen LogP contribution < -0.4 is 5.32 Å². The van der Waals surface area contributed by atoms with Crippen molar-refractivity contribution in [1.29, 1.82) is 0 Å². The van der Waals surface area contributed by atoms with Crippen LogP contribution in [0.15, 0.2) is 34.9 Å². The number of carboxylic acids is 1. The number of nitrogens with one attached hydrogen (secondary N) is 1. The zero-order chi connectivity index (χ0) is 19.1. The molecule has 1 amide bonds. The van der Waals surface area contributed by atoms with E-state index in [9.17, 15) is 14.7 Å². The van der Waals surface area contributed by atoms with Gasteiger partial charge in [0.05, 0.1) is 12.1 Å². The highest BCUT2D eigenvalue weighted by Crippen LogP contribution is 2.21. The van der Waals surface area contributed by atoms with Gasteiger partial charge in [0.25, 0.3) is 0 Å². The molecule has 1 heterocycles. The highest BCUT2D eigenvalue weighted by molar-refractivity contribution is 5.77. The summed E-state index contributed by atoms with van der Waals surface area (Å²) in [5, 5.41) is 11.9. The second-order valence-corrected chi connectivity index (χ2v) is 6.95. The Morgan fingerprint density at radius 3 is 2.54 bits per heavy atom. The first-order valence-electron chi connectivity index (χ1n) is 8.86. The van der Waals surface area contributed by atoms with E-state index in [0.717, 1.165) is 5.56 Å². The monoisotopic (exact) mass is 358 g/mol. The van der Waals surface area contributed by atoms with E-state index in [1.54, 1.807) is 6.20 Å². The standard InChI is InChI=1S/C20H26N2O4/c1-13(2)10-16(20(24)25)11-21-18(23)8-9-19-22-12-17(26-19)15-6-4-14(3)5-7-15/h4-7,12-13,16H,8-11H2,1-3H3,(H,21,23)(H,24,25). The molecule has 26 heavy (non-hydrogen) atoms. The summed E-state index contributed by atoms with van der Waals surface area (Å²) >= 11 is 0. The Morgan fingerprint density at radius 1 is 1.23 bits per heavy atom. The van der Waals surface area contributed by atoms with Crippen molar-refractivity contribution in [2.45, 2.75) is 40.0 Å². The number of carbonyl (C=O) groups is 2. The molecule has 2 aromatic rings. The van der Waals surface area contributed by atoms with Crippen LogP contribution in [-0.4, -0.2) is 28.5 Å². The van der Waals surface area contributed by atoms with E-state index in [4.69, 9.17) is 4.42 Å². The summed E-state index contributed by atoms with van der Waals surface area (Å²) in [6.45, 7) is 6.09. The van der Waals surface area contributed by atoms with Crippen LogP contribution in [0.25, 0.3) is 11.3 Å². The van der Waals surface area contributed by atoms with Crippen molar-refractivity contribution in [3.8, 4) is 11.3 Å². The largest absolute Gasteiger partial charge is 0.481 e. The molecule has 0 aliphatic rings. The third-order valence-corrected chi connectivity index (χ3v) is 4.11. The summed E-state index contributed by atoms with van der Waals surface area (Å²) in [4.78, 5) is 27.4. The number of carbonyl (C=O) groups excluding carboxylic acids is 1. The van der Waals surface area contributed by atoms with Crippen molar-refractivity contribution in [2.24, 2.45) is 11.8 Å². The highest BCUT2D eigenvalue weighted by atomic mass is 16.4. The number of oxazole rings is 1. The molecule has 0 saturated carbocycles. The Hall–Kier alpha value is -2.63. The van der Waals surface area contributed by atoms with Crippen molar-refractivity contribution in [3.05, 3.63) is 41.9 Å². The molecular weight excluding hydrogens is 332 g/mol. The minimum atomic E-state index is -0.880. The lowest BCUT2D eigenvalue weighted by atomic mass is 9.97. The normalized spacial score (nSPS) is 12.2. The maximum Gasteiger partial charge on any atom is 0.308 e. The molecule has 1 unspecified atom stereocenters. The van der Waals surface area contributed by atoms with Gasteiger partial charge in [-0.15, -0.1) is 0 Å². The maximum absolute atomic E-state index is 12.0. The molecule has 0 aliphatic carbocycles. The summed E-state index contributed by atoms with van der Waals surface area (Å²) in [6, 6.07) is 7.93. The predicted octanol–water partition coefficient (Wildman–Crippen LogP) is 3.45. The number of hydrogen-bond donors (Lipinski definition) is 2. The Morgan fingerprint density at radius 2 is 1.92 bits per heavy atom. The third kappa shape index (κ3) is 6.02. The SMILES string of the molecule is Cc1ccc(-c2cnc(CCC(=O)NCC(CC(C)C)C(=O)O)o2)cc1. The first kappa shape index (κ1) is 19.7. The van der Waals surface area contributed by atoms with Gasteiger partial charge in [0.2, 0.25) is 5.91 Å². The molecular formula is C20H26N2O4. The van der Waals surface area contributed by atoms with Crippen molar-refractivity contribution in [2.75, 3.05) is 6.54 Å². The zero-order valence-corrected chi connectivity index (χ0v) is 15.5. The number of aromatic nitrogens is 1. The molecule has 1 atom stereocenters. The van der Waals surface area contributed by atoms with Crippen molar-refractivity contribution >= 4 is 11.9 Å². The van der Waals surface area contributed by atoms with Gasteiger partial charge in [0, 0.05) is 24.9 Å². The number of carboxylic acid groups (broad SMARTS) is 1. The highest BCUT2D eigenvalue weighted by Gasteiger charge is 2.19. The Balaban J connectivity index is 1.82. The second-order valence-electron chi connectivity index (χ2n) is 6.95. The van der Waals surface area contributed by atoms with Crippen molar-refractivity contribution < 1.29 is 19.1 Å². The van der Waals surface area contributed by atoms with E-state index in [0.29, 0.717) is 24.5 Å². The molecule has 2 rings (SSSR count).